The van der Waals surface area contributed by atoms with E-state index in [1.54, 1.807) is 30.2 Å². The molecule has 3 amide bonds. The Morgan fingerprint density at radius 2 is 1.89 bits per heavy atom. The molecule has 2 N–H and O–H groups in total. The van der Waals surface area contributed by atoms with Gasteiger partial charge in [-0.15, -0.1) is 0 Å². The molecule has 35 heavy (non-hydrogen) atoms. The molecule has 194 valence electrons. The van der Waals surface area contributed by atoms with E-state index in [1.807, 2.05) is 7.05 Å². The summed E-state index contributed by atoms with van der Waals surface area (Å²) in [6, 6.07) is 5.51. The lowest BCUT2D eigenvalue weighted by Crippen LogP contribution is -2.47. The number of hydrogen-bond acceptors (Lipinski definition) is 5. The normalized spacial score (nSPS) is 26.9. The van der Waals surface area contributed by atoms with E-state index in [0.717, 1.165) is 44.7 Å². The van der Waals surface area contributed by atoms with Crippen LogP contribution in [0.2, 0.25) is 0 Å². The molecule has 8 nitrogen and oxygen atoms in total. The van der Waals surface area contributed by atoms with Gasteiger partial charge >= 0.3 is 6.03 Å². The highest BCUT2D eigenvalue weighted by Crippen LogP contribution is 2.32. The molecule has 2 saturated carbocycles. The van der Waals surface area contributed by atoms with E-state index in [-0.39, 0.29) is 36.0 Å². The maximum atomic E-state index is 13.4. The molecule has 1 aromatic carbocycles. The van der Waals surface area contributed by atoms with Crippen LogP contribution in [0.5, 0.6) is 5.75 Å². The van der Waals surface area contributed by atoms with E-state index in [2.05, 4.69) is 29.4 Å². The molecule has 0 bridgehead atoms. The third kappa shape index (κ3) is 6.88. The van der Waals surface area contributed by atoms with Gasteiger partial charge in [0.15, 0.2) is 0 Å². The van der Waals surface area contributed by atoms with Crippen LogP contribution < -0.4 is 15.4 Å². The zero-order chi connectivity index (χ0) is 24.9. The molecule has 8 heteroatoms. The number of ether oxygens (including phenoxy) is 2. The van der Waals surface area contributed by atoms with E-state index in [4.69, 9.17) is 9.47 Å². The van der Waals surface area contributed by atoms with Crippen molar-refractivity contribution < 1.29 is 19.1 Å². The van der Waals surface area contributed by atoms with Gasteiger partial charge in [-0.3, -0.25) is 9.69 Å². The minimum Gasteiger partial charge on any atom is -0.491 e. The van der Waals surface area contributed by atoms with E-state index >= 15 is 0 Å². The summed E-state index contributed by atoms with van der Waals surface area (Å²) >= 11 is 0. The second-order valence-corrected chi connectivity index (χ2v) is 10.8. The molecule has 0 radical (unpaired) electrons. The number of benzene rings is 1. The molecule has 2 aliphatic carbocycles. The van der Waals surface area contributed by atoms with Crippen LogP contribution in [0.4, 0.5) is 10.5 Å². The number of carbonyl (C=O) groups is 2. The average molecular weight is 487 g/mol. The first-order valence-corrected chi connectivity index (χ1v) is 13.2. The van der Waals surface area contributed by atoms with Gasteiger partial charge in [0.1, 0.15) is 12.4 Å². The number of fused-ring (bicyclic) bond motifs is 1. The van der Waals surface area contributed by atoms with E-state index in [9.17, 15) is 9.59 Å². The number of likely N-dealkylation sites (N-methyl/N-ethyl adjacent to an activating group) is 1. The number of hydrogen-bond donors (Lipinski definition) is 2. The monoisotopic (exact) mass is 486 g/mol. The smallest absolute Gasteiger partial charge is 0.319 e. The van der Waals surface area contributed by atoms with Crippen molar-refractivity contribution >= 4 is 17.6 Å². The van der Waals surface area contributed by atoms with Crippen molar-refractivity contribution in [1.29, 1.82) is 0 Å². The standard InChI is InChI=1S/C27H42N4O4/c1-18-14-31(15-20-9-10-20)19(2)17-35-24-13-22(29-27(33)28-21-7-5-6-8-21)11-12-23(24)26(32)30(3)16-25(18)34-4/h11-13,18-21,25H,5-10,14-17H2,1-4H3,(H2,28,29,33)/t18-,19-,25-/m1/s1. The van der Waals surface area contributed by atoms with Crippen molar-refractivity contribution in [3.8, 4) is 5.75 Å². The summed E-state index contributed by atoms with van der Waals surface area (Å²) in [6.07, 6.45) is 6.91. The Kier molecular flexibility index (Phi) is 8.55. The van der Waals surface area contributed by atoms with Gasteiger partial charge in [0.2, 0.25) is 0 Å². The molecular weight excluding hydrogens is 444 g/mol. The molecular formula is C27H42N4O4. The zero-order valence-electron chi connectivity index (χ0n) is 21.7. The Morgan fingerprint density at radius 1 is 1.14 bits per heavy atom. The van der Waals surface area contributed by atoms with E-state index in [1.165, 1.54) is 12.8 Å². The summed E-state index contributed by atoms with van der Waals surface area (Å²) in [5.74, 6) is 1.44. The van der Waals surface area contributed by atoms with E-state index < -0.39 is 0 Å². The number of carbonyl (C=O) groups excluding carboxylic acids is 2. The van der Waals surface area contributed by atoms with Crippen molar-refractivity contribution in [1.82, 2.24) is 15.1 Å². The van der Waals surface area contributed by atoms with Crippen LogP contribution in [-0.2, 0) is 4.74 Å². The minimum atomic E-state index is -0.214. The Labute approximate surface area is 209 Å². The van der Waals surface area contributed by atoms with Crippen molar-refractivity contribution in [2.24, 2.45) is 11.8 Å². The van der Waals surface area contributed by atoms with Crippen molar-refractivity contribution in [3.63, 3.8) is 0 Å². The largest absolute Gasteiger partial charge is 0.491 e. The molecule has 3 aliphatic rings. The highest BCUT2D eigenvalue weighted by molar-refractivity contribution is 5.98. The van der Waals surface area contributed by atoms with Crippen molar-refractivity contribution in [2.75, 3.05) is 45.7 Å². The minimum absolute atomic E-state index is 0.0538. The molecule has 1 heterocycles. The predicted molar refractivity (Wildman–Crippen MR) is 137 cm³/mol. The van der Waals surface area contributed by atoms with Gasteiger partial charge in [0.25, 0.3) is 5.91 Å². The number of rotatable bonds is 5. The van der Waals surface area contributed by atoms with Gasteiger partial charge < -0.3 is 25.0 Å². The SMILES string of the molecule is CO[C@@H]1CN(C)C(=O)c2ccc(NC(=O)NC3CCCC3)cc2OC[C@@H](C)N(CC2CC2)C[C@H]1C. The molecule has 0 unspecified atom stereocenters. The first-order chi connectivity index (χ1) is 16.8. The maximum Gasteiger partial charge on any atom is 0.319 e. The van der Waals surface area contributed by atoms with Crippen molar-refractivity contribution in [2.45, 2.75) is 70.6 Å². The van der Waals surface area contributed by atoms with E-state index in [0.29, 0.717) is 30.2 Å². The summed E-state index contributed by atoms with van der Waals surface area (Å²) < 4.78 is 12.1. The molecule has 0 spiro atoms. The number of anilines is 1. The Balaban J connectivity index is 1.54. The van der Waals surface area contributed by atoms with Crippen LogP contribution in [0, 0.1) is 11.8 Å². The van der Waals surface area contributed by atoms with Gasteiger partial charge in [0, 0.05) is 57.6 Å². The summed E-state index contributed by atoms with van der Waals surface area (Å²) in [7, 11) is 3.54. The topological polar surface area (TPSA) is 83.1 Å². The first kappa shape index (κ1) is 25.8. The van der Waals surface area contributed by atoms with Gasteiger partial charge in [-0.1, -0.05) is 19.8 Å². The Bertz CT molecular complexity index is 884. The highest BCUT2D eigenvalue weighted by atomic mass is 16.5. The fourth-order valence-corrected chi connectivity index (χ4v) is 5.23. The zero-order valence-corrected chi connectivity index (χ0v) is 21.7. The lowest BCUT2D eigenvalue weighted by molar-refractivity contribution is 0.00994. The average Bonchev–Trinajstić information content (AvgIpc) is 3.51. The third-order valence-electron chi connectivity index (χ3n) is 7.71. The molecule has 0 saturated heterocycles. The molecule has 2 fully saturated rings. The third-order valence-corrected chi connectivity index (χ3v) is 7.71. The Morgan fingerprint density at radius 3 is 2.57 bits per heavy atom. The number of methoxy groups -OCH3 is 1. The second kappa shape index (κ2) is 11.6. The summed E-state index contributed by atoms with van der Waals surface area (Å²) in [6.45, 7) is 7.33. The molecule has 4 rings (SSSR count). The maximum absolute atomic E-state index is 13.4. The molecule has 1 aromatic rings. The summed E-state index contributed by atoms with van der Waals surface area (Å²) in [5.41, 5.74) is 1.12. The van der Waals surface area contributed by atoms with Crippen LogP contribution in [0.3, 0.4) is 0 Å². The van der Waals surface area contributed by atoms with Crippen molar-refractivity contribution in [3.05, 3.63) is 23.8 Å². The van der Waals surface area contributed by atoms with Crippen LogP contribution in [-0.4, -0.2) is 80.3 Å². The number of nitrogens with zero attached hydrogens (tertiary/aromatic N) is 2. The number of nitrogens with one attached hydrogen (secondary N) is 2. The number of amides is 3. The van der Waals surface area contributed by atoms with Crippen LogP contribution >= 0.6 is 0 Å². The van der Waals surface area contributed by atoms with Gasteiger partial charge in [-0.2, -0.15) is 0 Å². The quantitative estimate of drug-likeness (QED) is 0.658. The molecule has 0 aromatic heterocycles. The summed E-state index contributed by atoms with van der Waals surface area (Å²) in [4.78, 5) is 30.1. The van der Waals surface area contributed by atoms with Gasteiger partial charge in [-0.05, 0) is 56.6 Å². The lowest BCUT2D eigenvalue weighted by atomic mass is 10.0. The van der Waals surface area contributed by atoms with Crippen LogP contribution in [0.25, 0.3) is 0 Å². The van der Waals surface area contributed by atoms with Gasteiger partial charge in [0.05, 0.1) is 11.7 Å². The predicted octanol–water partition coefficient (Wildman–Crippen LogP) is 3.97. The van der Waals surface area contributed by atoms with Crippen LogP contribution in [0.1, 0.15) is 62.7 Å². The second-order valence-electron chi connectivity index (χ2n) is 10.8. The highest BCUT2D eigenvalue weighted by Gasteiger charge is 2.31. The molecule has 1 aliphatic heterocycles. The lowest BCUT2D eigenvalue weighted by Gasteiger charge is -2.36. The first-order valence-electron chi connectivity index (χ1n) is 13.2. The fourth-order valence-electron chi connectivity index (χ4n) is 5.23. The molecule has 3 atom stereocenters. The number of urea groups is 1. The summed E-state index contributed by atoms with van der Waals surface area (Å²) in [5, 5.41) is 5.97. The van der Waals surface area contributed by atoms with Gasteiger partial charge in [-0.25, -0.2) is 4.79 Å². The Hall–Kier alpha value is -2.32. The van der Waals surface area contributed by atoms with Crippen LogP contribution in [0.15, 0.2) is 18.2 Å². The fraction of sp³-hybridized carbons (Fsp3) is 0.704.